The van der Waals surface area contributed by atoms with Crippen LogP contribution in [0.3, 0.4) is 0 Å². The van der Waals surface area contributed by atoms with E-state index in [1.165, 1.54) is 0 Å². The molecule has 1 aromatic carbocycles. The minimum atomic E-state index is -3.26. The maximum absolute atomic E-state index is 12.3. The lowest BCUT2D eigenvalue weighted by molar-refractivity contribution is 0.0970. The summed E-state index contributed by atoms with van der Waals surface area (Å²) in [6.45, 7) is -0.127. The Morgan fingerprint density at radius 2 is 1.59 bits per heavy atom. The Balaban J connectivity index is 2.42. The monoisotopic (exact) mass is 345 g/mol. The van der Waals surface area contributed by atoms with Gasteiger partial charge in [-0.15, -0.1) is 0 Å². The summed E-state index contributed by atoms with van der Waals surface area (Å²) in [5.74, 6) is -2.83. The van der Waals surface area contributed by atoms with Crippen LogP contribution >= 0.6 is 11.6 Å². The molecule has 0 aliphatic heterocycles. The molecule has 22 heavy (non-hydrogen) atoms. The van der Waals surface area contributed by atoms with Gasteiger partial charge in [0.05, 0.1) is 16.9 Å². The number of hydrogen-bond acceptors (Lipinski definition) is 7. The topological polar surface area (TPSA) is 121 Å². The lowest BCUT2D eigenvalue weighted by atomic mass is 9.90. The lowest BCUT2D eigenvalue weighted by Gasteiger charge is -2.20. The van der Waals surface area contributed by atoms with Crippen LogP contribution in [0.2, 0.25) is 0 Å². The molecular formula is C13H12ClNO6S. The number of Topliss-reactive ketones (excluding diaryl/α,β-unsaturated/α-hetero) is 2. The normalized spacial score (nSPS) is 15.0. The zero-order chi connectivity index (χ0) is 16.7. The van der Waals surface area contributed by atoms with Crippen molar-refractivity contribution in [1.82, 2.24) is 5.32 Å². The van der Waals surface area contributed by atoms with Crippen LogP contribution in [0.1, 0.15) is 20.7 Å². The standard InChI is InChI=1S/C13H12ClNO6S/c1-22(20,21)5-4-15-11-10(14)12(18)8-6(16)2-3-7(17)9(8)13(11)19/h2-3,15-17H,4-5H2,1H3. The number of rotatable bonds is 4. The molecule has 1 aliphatic carbocycles. The first-order chi connectivity index (χ1) is 10.1. The Kier molecular flexibility index (Phi) is 4.17. The summed E-state index contributed by atoms with van der Waals surface area (Å²) in [5.41, 5.74) is -1.04. The molecule has 0 atom stereocenters. The van der Waals surface area contributed by atoms with Crippen molar-refractivity contribution in [3.05, 3.63) is 34.0 Å². The molecule has 0 aromatic heterocycles. The Bertz CT molecular complexity index is 812. The van der Waals surface area contributed by atoms with E-state index in [-0.39, 0.29) is 29.1 Å². The second kappa shape index (κ2) is 5.62. The predicted molar refractivity (Wildman–Crippen MR) is 79.0 cm³/mol. The molecule has 0 unspecified atom stereocenters. The van der Waals surface area contributed by atoms with Crippen molar-refractivity contribution in [2.75, 3.05) is 18.6 Å². The number of benzene rings is 1. The smallest absolute Gasteiger partial charge is 0.215 e. The van der Waals surface area contributed by atoms with Crippen LogP contribution < -0.4 is 5.32 Å². The highest BCUT2D eigenvalue weighted by molar-refractivity contribution is 7.90. The molecule has 118 valence electrons. The SMILES string of the molecule is CS(=O)(=O)CCNC1=C(Cl)C(=O)c2c(O)ccc(O)c2C1=O. The number of phenolic OH excluding ortho intramolecular Hbond substituents is 2. The summed E-state index contributed by atoms with van der Waals surface area (Å²) in [4.78, 5) is 24.5. The van der Waals surface area contributed by atoms with Gasteiger partial charge < -0.3 is 15.5 Å². The zero-order valence-corrected chi connectivity index (χ0v) is 13.0. The third-order valence-electron chi connectivity index (χ3n) is 3.04. The summed E-state index contributed by atoms with van der Waals surface area (Å²) < 4.78 is 22.2. The molecule has 0 radical (unpaired) electrons. The van der Waals surface area contributed by atoms with Crippen molar-refractivity contribution >= 4 is 33.0 Å². The van der Waals surface area contributed by atoms with Crippen molar-refractivity contribution in [1.29, 1.82) is 0 Å². The van der Waals surface area contributed by atoms with E-state index in [1.807, 2.05) is 0 Å². The number of phenols is 2. The minimum absolute atomic E-state index is 0.127. The molecule has 9 heteroatoms. The summed E-state index contributed by atoms with van der Waals surface area (Å²) in [5, 5.41) is 21.5. The van der Waals surface area contributed by atoms with Crippen molar-refractivity contribution in [2.45, 2.75) is 0 Å². The van der Waals surface area contributed by atoms with Crippen LogP contribution in [-0.4, -0.2) is 48.8 Å². The average Bonchev–Trinajstić information content (AvgIpc) is 2.41. The molecule has 0 saturated heterocycles. The third-order valence-corrected chi connectivity index (χ3v) is 4.34. The quantitative estimate of drug-likeness (QED) is 0.682. The molecule has 1 aromatic rings. The van der Waals surface area contributed by atoms with Crippen molar-refractivity contribution in [3.8, 4) is 11.5 Å². The van der Waals surface area contributed by atoms with E-state index in [4.69, 9.17) is 11.6 Å². The van der Waals surface area contributed by atoms with E-state index in [9.17, 15) is 28.2 Å². The predicted octanol–water partition coefficient (Wildman–Crippen LogP) is 0.561. The Morgan fingerprint density at radius 1 is 1.09 bits per heavy atom. The van der Waals surface area contributed by atoms with Crippen molar-refractivity contribution in [2.24, 2.45) is 0 Å². The van der Waals surface area contributed by atoms with Crippen LogP contribution in [0, 0.1) is 0 Å². The van der Waals surface area contributed by atoms with Gasteiger partial charge in [0, 0.05) is 12.8 Å². The molecule has 0 fully saturated rings. The Hall–Kier alpha value is -2.06. The molecule has 0 spiro atoms. The van der Waals surface area contributed by atoms with Gasteiger partial charge in [-0.3, -0.25) is 9.59 Å². The number of ketones is 2. The maximum Gasteiger partial charge on any atom is 0.215 e. The molecular weight excluding hydrogens is 334 g/mol. The number of fused-ring (bicyclic) bond motifs is 1. The molecule has 3 N–H and O–H groups in total. The van der Waals surface area contributed by atoms with Gasteiger partial charge in [-0.1, -0.05) is 11.6 Å². The van der Waals surface area contributed by atoms with E-state index in [1.54, 1.807) is 0 Å². The second-order valence-electron chi connectivity index (χ2n) is 4.76. The van der Waals surface area contributed by atoms with Gasteiger partial charge in [0.1, 0.15) is 32.1 Å². The van der Waals surface area contributed by atoms with Crippen LogP contribution in [-0.2, 0) is 9.84 Å². The largest absolute Gasteiger partial charge is 0.507 e. The van der Waals surface area contributed by atoms with Crippen molar-refractivity contribution < 1.29 is 28.2 Å². The van der Waals surface area contributed by atoms with Gasteiger partial charge in [0.2, 0.25) is 11.6 Å². The van der Waals surface area contributed by atoms with Crippen molar-refractivity contribution in [3.63, 3.8) is 0 Å². The van der Waals surface area contributed by atoms with E-state index < -0.39 is 37.9 Å². The molecule has 2 rings (SSSR count). The zero-order valence-electron chi connectivity index (χ0n) is 11.4. The van der Waals surface area contributed by atoms with Gasteiger partial charge >= 0.3 is 0 Å². The number of halogens is 1. The third kappa shape index (κ3) is 2.93. The highest BCUT2D eigenvalue weighted by Gasteiger charge is 2.35. The molecule has 0 saturated carbocycles. The number of allylic oxidation sites excluding steroid dienone is 2. The molecule has 7 nitrogen and oxygen atoms in total. The summed E-state index contributed by atoms with van der Waals surface area (Å²) >= 11 is 5.83. The fourth-order valence-electron chi connectivity index (χ4n) is 2.01. The van der Waals surface area contributed by atoms with E-state index in [0.717, 1.165) is 18.4 Å². The number of carbonyl (C=O) groups is 2. The summed E-state index contributed by atoms with van der Waals surface area (Å²) in [7, 11) is -3.26. The molecule has 1 aliphatic rings. The van der Waals surface area contributed by atoms with Gasteiger partial charge in [-0.2, -0.15) is 0 Å². The average molecular weight is 346 g/mol. The summed E-state index contributed by atoms with van der Waals surface area (Å²) in [6.07, 6.45) is 1.03. The highest BCUT2D eigenvalue weighted by Crippen LogP contribution is 2.37. The molecule has 0 heterocycles. The first-order valence-electron chi connectivity index (χ1n) is 6.09. The van der Waals surface area contributed by atoms with Crippen LogP contribution in [0.25, 0.3) is 0 Å². The summed E-state index contributed by atoms with van der Waals surface area (Å²) in [6, 6.07) is 2.15. The lowest BCUT2D eigenvalue weighted by Crippen LogP contribution is -2.32. The van der Waals surface area contributed by atoms with Crippen LogP contribution in [0.4, 0.5) is 0 Å². The van der Waals surface area contributed by atoms with Crippen LogP contribution in [0.15, 0.2) is 22.9 Å². The van der Waals surface area contributed by atoms with E-state index in [0.29, 0.717) is 0 Å². The second-order valence-corrected chi connectivity index (χ2v) is 7.40. The minimum Gasteiger partial charge on any atom is -0.507 e. The number of nitrogens with one attached hydrogen (secondary N) is 1. The molecule has 0 bridgehead atoms. The number of sulfone groups is 1. The fraction of sp³-hybridized carbons (Fsp3) is 0.231. The van der Waals surface area contributed by atoms with Gasteiger partial charge in [0.25, 0.3) is 0 Å². The first-order valence-corrected chi connectivity index (χ1v) is 8.53. The number of carbonyl (C=O) groups excluding carboxylic acids is 2. The Labute approximate surface area is 131 Å². The Morgan fingerprint density at radius 3 is 2.09 bits per heavy atom. The van der Waals surface area contributed by atoms with Gasteiger partial charge in [-0.05, 0) is 12.1 Å². The fourth-order valence-corrected chi connectivity index (χ4v) is 2.73. The number of hydrogen-bond donors (Lipinski definition) is 3. The highest BCUT2D eigenvalue weighted by atomic mass is 35.5. The van der Waals surface area contributed by atoms with Gasteiger partial charge in [0.15, 0.2) is 0 Å². The van der Waals surface area contributed by atoms with Gasteiger partial charge in [-0.25, -0.2) is 8.42 Å². The number of aromatic hydroxyl groups is 2. The van der Waals surface area contributed by atoms with Crippen LogP contribution in [0.5, 0.6) is 11.5 Å². The van der Waals surface area contributed by atoms with E-state index >= 15 is 0 Å². The molecule has 0 amide bonds. The van der Waals surface area contributed by atoms with E-state index in [2.05, 4.69) is 5.32 Å². The first kappa shape index (κ1) is 16.3. The maximum atomic E-state index is 12.3.